The third-order valence-corrected chi connectivity index (χ3v) is 5.18. The van der Waals surface area contributed by atoms with E-state index < -0.39 is 0 Å². The fourth-order valence-corrected chi connectivity index (χ4v) is 4.05. The number of hydrogen-bond donors (Lipinski definition) is 0. The lowest BCUT2D eigenvalue weighted by atomic mass is 9.94. The minimum absolute atomic E-state index is 0.0456. The van der Waals surface area contributed by atoms with E-state index in [9.17, 15) is 0 Å². The molecule has 0 bridgehead atoms. The molecule has 6 heteroatoms. The predicted molar refractivity (Wildman–Crippen MR) is 88.2 cm³/mol. The first-order chi connectivity index (χ1) is 11.0. The summed E-state index contributed by atoms with van der Waals surface area (Å²) < 4.78 is 13.6. The molecule has 2 heterocycles. The van der Waals surface area contributed by atoms with Gasteiger partial charge >= 0.3 is 0 Å². The van der Waals surface area contributed by atoms with E-state index in [4.69, 9.17) is 9.47 Å². The molecule has 2 aliphatic rings. The van der Waals surface area contributed by atoms with Gasteiger partial charge in [-0.2, -0.15) is 5.10 Å². The molecule has 3 rings (SSSR count). The second-order valence-electron chi connectivity index (χ2n) is 7.74. The van der Waals surface area contributed by atoms with Gasteiger partial charge in [0.2, 0.25) is 0 Å². The van der Waals surface area contributed by atoms with Gasteiger partial charge in [-0.3, -0.25) is 4.90 Å². The first kappa shape index (κ1) is 16.9. The molecule has 1 aromatic heterocycles. The van der Waals surface area contributed by atoms with Crippen molar-refractivity contribution in [1.29, 1.82) is 0 Å². The second kappa shape index (κ2) is 6.87. The molecule has 1 saturated heterocycles. The number of nitrogens with zero attached hydrogens (tertiary/aromatic N) is 4. The number of methoxy groups -OCH3 is 1. The Morgan fingerprint density at radius 3 is 2.91 bits per heavy atom. The third kappa shape index (κ3) is 3.59. The summed E-state index contributed by atoms with van der Waals surface area (Å²) in [5, 5.41) is 4.43. The predicted octanol–water partition coefficient (Wildman–Crippen LogP) is 2.05. The minimum atomic E-state index is -0.0456. The van der Waals surface area contributed by atoms with E-state index in [2.05, 4.69) is 35.8 Å². The smallest absolute Gasteiger partial charge is 0.141 e. The number of ether oxygens (including phenoxy) is 2. The van der Waals surface area contributed by atoms with Crippen molar-refractivity contribution in [2.24, 2.45) is 5.92 Å². The van der Waals surface area contributed by atoms with Crippen LogP contribution in [-0.2, 0) is 21.6 Å². The van der Waals surface area contributed by atoms with E-state index in [1.54, 1.807) is 6.33 Å². The standard InChI is InChI=1S/C17H30N4O2/c1-17(2,3)21-16(18-12-19-21)10-20-8-9-23-11-14(20)13-6-5-7-15(13)22-4/h12-15H,5-11H2,1-4H3/t13-,14+,15-/m1/s1. The average molecular weight is 322 g/mol. The Bertz CT molecular complexity index is 511. The van der Waals surface area contributed by atoms with Crippen LogP contribution in [0.3, 0.4) is 0 Å². The highest BCUT2D eigenvalue weighted by Crippen LogP contribution is 2.34. The van der Waals surface area contributed by atoms with Gasteiger partial charge in [-0.05, 0) is 33.6 Å². The fourth-order valence-electron chi connectivity index (χ4n) is 4.05. The maximum atomic E-state index is 5.79. The van der Waals surface area contributed by atoms with Gasteiger partial charge in [-0.1, -0.05) is 6.42 Å². The summed E-state index contributed by atoms with van der Waals surface area (Å²) in [4.78, 5) is 7.04. The summed E-state index contributed by atoms with van der Waals surface area (Å²) in [5.74, 6) is 1.60. The highest BCUT2D eigenvalue weighted by molar-refractivity contribution is 4.95. The minimum Gasteiger partial charge on any atom is -0.381 e. The van der Waals surface area contributed by atoms with Crippen molar-refractivity contribution in [3.63, 3.8) is 0 Å². The summed E-state index contributed by atoms with van der Waals surface area (Å²) in [6.45, 7) is 9.88. The van der Waals surface area contributed by atoms with E-state index in [0.717, 1.165) is 32.1 Å². The topological polar surface area (TPSA) is 52.4 Å². The highest BCUT2D eigenvalue weighted by Gasteiger charge is 2.39. The lowest BCUT2D eigenvalue weighted by Crippen LogP contribution is -2.51. The van der Waals surface area contributed by atoms with Crippen molar-refractivity contribution in [3.05, 3.63) is 12.2 Å². The van der Waals surface area contributed by atoms with E-state index in [1.165, 1.54) is 19.3 Å². The van der Waals surface area contributed by atoms with Crippen LogP contribution in [0.2, 0.25) is 0 Å². The van der Waals surface area contributed by atoms with Crippen LogP contribution < -0.4 is 0 Å². The molecule has 0 radical (unpaired) electrons. The number of hydrogen-bond acceptors (Lipinski definition) is 5. The Morgan fingerprint density at radius 2 is 2.17 bits per heavy atom. The van der Waals surface area contributed by atoms with E-state index in [0.29, 0.717) is 18.1 Å². The molecule has 0 unspecified atom stereocenters. The first-order valence-corrected chi connectivity index (χ1v) is 8.74. The molecule has 0 N–H and O–H groups in total. The molecular weight excluding hydrogens is 292 g/mol. The van der Waals surface area contributed by atoms with E-state index in [1.807, 2.05) is 11.8 Å². The third-order valence-electron chi connectivity index (χ3n) is 5.18. The van der Waals surface area contributed by atoms with Gasteiger partial charge in [0.05, 0.1) is 31.4 Å². The lowest BCUT2D eigenvalue weighted by Gasteiger charge is -2.40. The van der Waals surface area contributed by atoms with Gasteiger partial charge in [0.1, 0.15) is 12.2 Å². The maximum absolute atomic E-state index is 5.79. The van der Waals surface area contributed by atoms with Gasteiger partial charge < -0.3 is 9.47 Å². The Labute approximate surface area is 139 Å². The summed E-state index contributed by atoms with van der Waals surface area (Å²) in [6, 6.07) is 0.418. The van der Waals surface area contributed by atoms with Crippen LogP contribution in [0.25, 0.3) is 0 Å². The van der Waals surface area contributed by atoms with Crippen molar-refractivity contribution in [2.75, 3.05) is 26.9 Å². The summed E-state index contributed by atoms with van der Waals surface area (Å²) >= 11 is 0. The normalized spacial score (nSPS) is 30.0. The Kier molecular flexibility index (Phi) is 5.04. The molecule has 1 saturated carbocycles. The molecule has 1 aliphatic heterocycles. The molecule has 0 aromatic carbocycles. The zero-order valence-electron chi connectivity index (χ0n) is 14.9. The highest BCUT2D eigenvalue weighted by atomic mass is 16.5. The van der Waals surface area contributed by atoms with Crippen molar-refractivity contribution < 1.29 is 9.47 Å². The van der Waals surface area contributed by atoms with Crippen LogP contribution >= 0.6 is 0 Å². The van der Waals surface area contributed by atoms with Crippen LogP contribution in [0, 0.1) is 5.92 Å². The lowest BCUT2D eigenvalue weighted by molar-refractivity contribution is -0.0622. The monoisotopic (exact) mass is 322 g/mol. The molecule has 0 spiro atoms. The van der Waals surface area contributed by atoms with Crippen molar-refractivity contribution in [3.8, 4) is 0 Å². The van der Waals surface area contributed by atoms with Crippen molar-refractivity contribution >= 4 is 0 Å². The SMILES string of the molecule is CO[C@@H]1CCC[C@@H]1[C@@H]1COCCN1Cc1ncnn1C(C)(C)C. The Hall–Kier alpha value is -0.980. The second-order valence-corrected chi connectivity index (χ2v) is 7.74. The van der Waals surface area contributed by atoms with Crippen molar-refractivity contribution in [2.45, 2.75) is 64.3 Å². The quantitative estimate of drug-likeness (QED) is 0.849. The Morgan fingerprint density at radius 1 is 1.35 bits per heavy atom. The molecule has 6 nitrogen and oxygen atoms in total. The molecule has 130 valence electrons. The largest absolute Gasteiger partial charge is 0.381 e. The van der Waals surface area contributed by atoms with Crippen LogP contribution in [0.4, 0.5) is 0 Å². The van der Waals surface area contributed by atoms with Crippen LogP contribution in [-0.4, -0.2) is 58.7 Å². The molecule has 23 heavy (non-hydrogen) atoms. The number of rotatable bonds is 4. The van der Waals surface area contributed by atoms with E-state index in [-0.39, 0.29) is 5.54 Å². The number of aromatic nitrogens is 3. The maximum Gasteiger partial charge on any atom is 0.141 e. The molecule has 3 atom stereocenters. The van der Waals surface area contributed by atoms with Crippen LogP contribution in [0.5, 0.6) is 0 Å². The first-order valence-electron chi connectivity index (χ1n) is 8.74. The van der Waals surface area contributed by atoms with Crippen LogP contribution in [0.1, 0.15) is 45.9 Å². The summed E-state index contributed by atoms with van der Waals surface area (Å²) in [6.07, 6.45) is 5.69. The fraction of sp³-hybridized carbons (Fsp3) is 0.882. The summed E-state index contributed by atoms with van der Waals surface area (Å²) in [5.41, 5.74) is -0.0456. The summed E-state index contributed by atoms with van der Waals surface area (Å²) in [7, 11) is 1.84. The van der Waals surface area contributed by atoms with Gasteiger partial charge in [0.15, 0.2) is 0 Å². The van der Waals surface area contributed by atoms with Gasteiger partial charge in [-0.15, -0.1) is 0 Å². The van der Waals surface area contributed by atoms with Gasteiger partial charge in [0, 0.05) is 25.6 Å². The Balaban J connectivity index is 1.76. The molecule has 0 amide bonds. The molecular formula is C17H30N4O2. The van der Waals surface area contributed by atoms with Gasteiger partial charge in [-0.25, -0.2) is 9.67 Å². The van der Waals surface area contributed by atoms with Crippen molar-refractivity contribution in [1.82, 2.24) is 19.7 Å². The molecule has 2 fully saturated rings. The molecule has 1 aromatic rings. The average Bonchev–Trinajstić information content (AvgIpc) is 3.15. The van der Waals surface area contributed by atoms with Crippen LogP contribution in [0.15, 0.2) is 6.33 Å². The number of morpholine rings is 1. The van der Waals surface area contributed by atoms with Gasteiger partial charge in [0.25, 0.3) is 0 Å². The zero-order chi connectivity index (χ0) is 16.4. The zero-order valence-corrected chi connectivity index (χ0v) is 14.9. The molecule has 1 aliphatic carbocycles. The van der Waals surface area contributed by atoms with E-state index >= 15 is 0 Å².